The van der Waals surface area contributed by atoms with E-state index in [1.807, 2.05) is 24.4 Å². The SMILES string of the molecule is CCc1ccc(C(C)NCc2cnccc2OC)o1. The number of methoxy groups -OCH3 is 1. The van der Waals surface area contributed by atoms with Crippen LogP contribution in [0.5, 0.6) is 5.75 Å². The molecule has 1 unspecified atom stereocenters. The van der Waals surface area contributed by atoms with Gasteiger partial charge in [-0.15, -0.1) is 0 Å². The number of nitrogens with one attached hydrogen (secondary N) is 1. The highest BCUT2D eigenvalue weighted by Crippen LogP contribution is 2.19. The first-order valence-electron chi connectivity index (χ1n) is 6.53. The monoisotopic (exact) mass is 260 g/mol. The van der Waals surface area contributed by atoms with E-state index in [-0.39, 0.29) is 6.04 Å². The molecule has 0 aliphatic rings. The second-order valence-corrected chi connectivity index (χ2v) is 4.45. The highest BCUT2D eigenvalue weighted by atomic mass is 16.5. The van der Waals surface area contributed by atoms with Crippen LogP contribution in [0.4, 0.5) is 0 Å². The molecule has 0 spiro atoms. The fraction of sp³-hybridized carbons (Fsp3) is 0.400. The van der Waals surface area contributed by atoms with Gasteiger partial charge >= 0.3 is 0 Å². The first kappa shape index (κ1) is 13.6. The Morgan fingerprint density at radius 3 is 2.89 bits per heavy atom. The number of pyridine rings is 1. The molecule has 0 radical (unpaired) electrons. The minimum atomic E-state index is 0.158. The molecule has 0 aromatic carbocycles. The van der Waals surface area contributed by atoms with Gasteiger partial charge in [0.2, 0.25) is 0 Å². The lowest BCUT2D eigenvalue weighted by molar-refractivity contribution is 0.392. The minimum absolute atomic E-state index is 0.158. The zero-order chi connectivity index (χ0) is 13.7. The Hall–Kier alpha value is -1.81. The lowest BCUT2D eigenvalue weighted by Crippen LogP contribution is -2.18. The van der Waals surface area contributed by atoms with Crippen molar-refractivity contribution < 1.29 is 9.15 Å². The number of furan rings is 1. The van der Waals surface area contributed by atoms with Crippen LogP contribution in [0.1, 0.15) is 37.0 Å². The van der Waals surface area contributed by atoms with Gasteiger partial charge in [0.1, 0.15) is 17.3 Å². The van der Waals surface area contributed by atoms with Gasteiger partial charge in [-0.2, -0.15) is 0 Å². The van der Waals surface area contributed by atoms with Crippen molar-refractivity contribution in [3.63, 3.8) is 0 Å². The molecule has 0 saturated heterocycles. The van der Waals surface area contributed by atoms with E-state index in [4.69, 9.17) is 9.15 Å². The second kappa shape index (κ2) is 6.38. The van der Waals surface area contributed by atoms with Crippen molar-refractivity contribution in [3.05, 3.63) is 47.7 Å². The maximum atomic E-state index is 5.73. The predicted octanol–water partition coefficient (Wildman–Crippen LogP) is 3.10. The van der Waals surface area contributed by atoms with Gasteiger partial charge in [-0.05, 0) is 25.1 Å². The average Bonchev–Trinajstić information content (AvgIpc) is 2.94. The Morgan fingerprint density at radius 1 is 1.37 bits per heavy atom. The second-order valence-electron chi connectivity index (χ2n) is 4.45. The third kappa shape index (κ3) is 3.35. The van der Waals surface area contributed by atoms with Gasteiger partial charge < -0.3 is 14.5 Å². The first-order chi connectivity index (χ1) is 9.24. The van der Waals surface area contributed by atoms with E-state index >= 15 is 0 Å². The largest absolute Gasteiger partial charge is 0.496 e. The summed E-state index contributed by atoms with van der Waals surface area (Å²) in [6, 6.07) is 6.07. The summed E-state index contributed by atoms with van der Waals surface area (Å²) in [6.07, 6.45) is 4.47. The van der Waals surface area contributed by atoms with Crippen molar-refractivity contribution in [2.24, 2.45) is 0 Å². The molecule has 1 atom stereocenters. The summed E-state index contributed by atoms with van der Waals surface area (Å²) in [5.74, 6) is 2.82. The number of ether oxygens (including phenoxy) is 1. The Bertz CT molecular complexity index is 522. The van der Waals surface area contributed by atoms with Crippen molar-refractivity contribution in [3.8, 4) is 5.75 Å². The van der Waals surface area contributed by atoms with Crippen LogP contribution >= 0.6 is 0 Å². The standard InChI is InChI=1S/C15H20N2O2/c1-4-13-5-6-14(19-13)11(2)17-10-12-9-16-8-7-15(12)18-3/h5-9,11,17H,4,10H2,1-3H3. The molecule has 2 heterocycles. The van der Waals surface area contributed by atoms with Crippen molar-refractivity contribution in [2.45, 2.75) is 32.9 Å². The molecule has 2 rings (SSSR count). The van der Waals surface area contributed by atoms with E-state index in [1.54, 1.807) is 13.3 Å². The normalized spacial score (nSPS) is 12.4. The molecule has 0 saturated carbocycles. The third-order valence-corrected chi connectivity index (χ3v) is 3.14. The highest BCUT2D eigenvalue weighted by molar-refractivity contribution is 5.29. The van der Waals surface area contributed by atoms with Crippen LogP contribution in [0.25, 0.3) is 0 Å². The zero-order valence-electron chi connectivity index (χ0n) is 11.6. The maximum absolute atomic E-state index is 5.73. The molecule has 102 valence electrons. The van der Waals surface area contributed by atoms with Crippen LogP contribution in [0.15, 0.2) is 35.0 Å². The minimum Gasteiger partial charge on any atom is -0.496 e. The molecule has 4 heteroatoms. The third-order valence-electron chi connectivity index (χ3n) is 3.14. The number of hydrogen-bond acceptors (Lipinski definition) is 4. The summed E-state index contributed by atoms with van der Waals surface area (Å²) in [5, 5.41) is 3.41. The molecular weight excluding hydrogens is 240 g/mol. The van der Waals surface area contributed by atoms with Gasteiger partial charge in [-0.25, -0.2) is 0 Å². The number of hydrogen-bond donors (Lipinski definition) is 1. The molecule has 0 aliphatic heterocycles. The van der Waals surface area contributed by atoms with Gasteiger partial charge in [-0.1, -0.05) is 6.92 Å². The Kier molecular flexibility index (Phi) is 4.58. The quantitative estimate of drug-likeness (QED) is 0.867. The summed E-state index contributed by atoms with van der Waals surface area (Å²) in [7, 11) is 1.67. The molecule has 0 aliphatic carbocycles. The smallest absolute Gasteiger partial charge is 0.126 e. The molecular formula is C15H20N2O2. The van der Waals surface area contributed by atoms with E-state index in [0.29, 0.717) is 6.54 Å². The van der Waals surface area contributed by atoms with Gasteiger partial charge in [0, 0.05) is 30.9 Å². The van der Waals surface area contributed by atoms with Gasteiger partial charge in [-0.3, -0.25) is 4.98 Å². The van der Waals surface area contributed by atoms with Crippen molar-refractivity contribution >= 4 is 0 Å². The molecule has 19 heavy (non-hydrogen) atoms. The maximum Gasteiger partial charge on any atom is 0.126 e. The van der Waals surface area contributed by atoms with E-state index in [0.717, 1.165) is 29.3 Å². The summed E-state index contributed by atoms with van der Waals surface area (Å²) >= 11 is 0. The van der Waals surface area contributed by atoms with Crippen molar-refractivity contribution in [2.75, 3.05) is 7.11 Å². The van der Waals surface area contributed by atoms with E-state index in [2.05, 4.69) is 24.1 Å². The molecule has 1 N–H and O–H groups in total. The highest BCUT2D eigenvalue weighted by Gasteiger charge is 2.11. The van der Waals surface area contributed by atoms with Crippen LogP contribution < -0.4 is 10.1 Å². The van der Waals surface area contributed by atoms with Crippen LogP contribution in [0.3, 0.4) is 0 Å². The number of rotatable bonds is 6. The van der Waals surface area contributed by atoms with Crippen LogP contribution in [0, 0.1) is 0 Å². The van der Waals surface area contributed by atoms with Crippen LogP contribution in [0.2, 0.25) is 0 Å². The Labute approximate surface area is 113 Å². The molecule has 0 amide bonds. The van der Waals surface area contributed by atoms with Crippen molar-refractivity contribution in [1.29, 1.82) is 0 Å². The number of aromatic nitrogens is 1. The summed E-state index contributed by atoms with van der Waals surface area (Å²) < 4.78 is 11.0. The lowest BCUT2D eigenvalue weighted by atomic mass is 10.2. The van der Waals surface area contributed by atoms with E-state index < -0.39 is 0 Å². The van der Waals surface area contributed by atoms with Gasteiger partial charge in [0.05, 0.1) is 13.2 Å². The number of nitrogens with zero attached hydrogens (tertiary/aromatic N) is 1. The van der Waals surface area contributed by atoms with E-state index in [1.165, 1.54) is 0 Å². The average molecular weight is 260 g/mol. The van der Waals surface area contributed by atoms with Crippen molar-refractivity contribution in [1.82, 2.24) is 10.3 Å². The Morgan fingerprint density at radius 2 is 2.21 bits per heavy atom. The molecule has 2 aromatic rings. The molecule has 4 nitrogen and oxygen atoms in total. The summed E-state index contributed by atoms with van der Waals surface area (Å²) in [5.41, 5.74) is 1.04. The van der Waals surface area contributed by atoms with Gasteiger partial charge in [0.15, 0.2) is 0 Å². The fourth-order valence-electron chi connectivity index (χ4n) is 1.93. The zero-order valence-corrected chi connectivity index (χ0v) is 11.6. The summed E-state index contributed by atoms with van der Waals surface area (Å²) in [6.45, 7) is 4.86. The van der Waals surface area contributed by atoms with E-state index in [9.17, 15) is 0 Å². The van der Waals surface area contributed by atoms with Gasteiger partial charge in [0.25, 0.3) is 0 Å². The summed E-state index contributed by atoms with van der Waals surface area (Å²) in [4.78, 5) is 4.12. The fourth-order valence-corrected chi connectivity index (χ4v) is 1.93. The molecule has 2 aromatic heterocycles. The predicted molar refractivity (Wildman–Crippen MR) is 74.1 cm³/mol. The first-order valence-corrected chi connectivity index (χ1v) is 6.53. The molecule has 0 bridgehead atoms. The van der Waals surface area contributed by atoms with Crippen LogP contribution in [-0.4, -0.2) is 12.1 Å². The lowest BCUT2D eigenvalue weighted by Gasteiger charge is -2.13. The van der Waals surface area contributed by atoms with Crippen LogP contribution in [-0.2, 0) is 13.0 Å². The molecule has 0 fully saturated rings. The Balaban J connectivity index is 1.98. The topological polar surface area (TPSA) is 47.3 Å². The number of aryl methyl sites for hydroxylation is 1.